The second kappa shape index (κ2) is 6.48. The zero-order chi connectivity index (χ0) is 15.3. The smallest absolute Gasteiger partial charge is 0.330 e. The van der Waals surface area contributed by atoms with Crippen molar-refractivity contribution in [1.29, 1.82) is 0 Å². The molecule has 108 valence electrons. The summed E-state index contributed by atoms with van der Waals surface area (Å²) in [7, 11) is -4.33. The van der Waals surface area contributed by atoms with E-state index >= 15 is 0 Å². The lowest BCUT2D eigenvalue weighted by atomic mass is 9.98. The number of carbonyl (C=O) groups is 2. The molecule has 0 aromatic heterocycles. The van der Waals surface area contributed by atoms with Crippen LogP contribution in [0.5, 0.6) is 0 Å². The summed E-state index contributed by atoms with van der Waals surface area (Å²) in [4.78, 5) is 21.9. The van der Waals surface area contributed by atoms with E-state index in [-0.39, 0.29) is 12.0 Å². The maximum atomic E-state index is 11.2. The third-order valence-corrected chi connectivity index (χ3v) is 3.31. The van der Waals surface area contributed by atoms with Crippen molar-refractivity contribution in [1.82, 2.24) is 5.32 Å². The summed E-state index contributed by atoms with van der Waals surface area (Å²) in [5.41, 5.74) is -1.32. The minimum atomic E-state index is -4.33. The fraction of sp³-hybridized carbons (Fsp3) is 0.455. The highest BCUT2D eigenvalue weighted by Crippen LogP contribution is 2.15. The fourth-order valence-corrected chi connectivity index (χ4v) is 2.36. The van der Waals surface area contributed by atoms with E-state index < -0.39 is 33.3 Å². The van der Waals surface area contributed by atoms with Crippen molar-refractivity contribution in [2.75, 3.05) is 5.75 Å². The molecule has 19 heavy (non-hydrogen) atoms. The molecular weight excluding hydrogens is 274 g/mol. The minimum absolute atomic E-state index is 0.00872. The molecule has 0 aliphatic carbocycles. The van der Waals surface area contributed by atoms with Gasteiger partial charge in [-0.2, -0.15) is 8.42 Å². The van der Waals surface area contributed by atoms with Gasteiger partial charge in [-0.3, -0.25) is 9.35 Å². The third-order valence-electron chi connectivity index (χ3n) is 2.31. The summed E-state index contributed by atoms with van der Waals surface area (Å²) in [6, 6.07) is 0. The predicted octanol–water partition coefficient (Wildman–Crippen LogP) is 0.356. The monoisotopic (exact) mass is 291 g/mol. The molecular formula is C11H17NO6S. The Hall–Kier alpha value is -1.67. The second-order valence-corrected chi connectivity index (χ2v) is 5.83. The molecule has 1 unspecified atom stereocenters. The summed E-state index contributed by atoms with van der Waals surface area (Å²) in [5.74, 6) is -2.50. The standard InChI is InChI=1S/C11H17NO6S/c1-4-9(13)12-11(3,7-19(16,17)18)6-5-8(2)10(14)15/h4-5H,1,6-7H2,2-3H3,(H,12,13)(H,14,15)(H,16,17,18). The first kappa shape index (κ1) is 17.3. The first-order valence-electron chi connectivity index (χ1n) is 5.29. The maximum Gasteiger partial charge on any atom is 0.330 e. The second-order valence-electron chi connectivity index (χ2n) is 4.38. The van der Waals surface area contributed by atoms with Crippen molar-refractivity contribution in [3.05, 3.63) is 24.3 Å². The SMILES string of the molecule is C=CC(=O)NC(C)(CC=C(C)C(=O)O)CS(=O)(=O)O. The Bertz CT molecular complexity index is 507. The van der Waals surface area contributed by atoms with Gasteiger partial charge in [-0.25, -0.2) is 4.79 Å². The van der Waals surface area contributed by atoms with Crippen molar-refractivity contribution in [2.24, 2.45) is 0 Å². The highest BCUT2D eigenvalue weighted by atomic mass is 32.2. The summed E-state index contributed by atoms with van der Waals surface area (Å²) in [6.45, 7) is 5.95. The van der Waals surface area contributed by atoms with Crippen LogP contribution in [0.15, 0.2) is 24.3 Å². The average Bonchev–Trinajstić information content (AvgIpc) is 2.22. The largest absolute Gasteiger partial charge is 0.478 e. The highest BCUT2D eigenvalue weighted by Gasteiger charge is 2.30. The molecule has 0 aromatic rings. The molecule has 0 heterocycles. The molecule has 1 atom stereocenters. The zero-order valence-corrected chi connectivity index (χ0v) is 11.5. The number of amides is 1. The van der Waals surface area contributed by atoms with Crippen molar-refractivity contribution in [2.45, 2.75) is 25.8 Å². The van der Waals surface area contributed by atoms with E-state index in [9.17, 15) is 18.0 Å². The number of carboxylic acids is 1. The van der Waals surface area contributed by atoms with E-state index in [1.165, 1.54) is 19.9 Å². The summed E-state index contributed by atoms with van der Waals surface area (Å²) >= 11 is 0. The molecule has 0 fully saturated rings. The van der Waals surface area contributed by atoms with Gasteiger partial charge in [0.15, 0.2) is 0 Å². The number of hydrogen-bond acceptors (Lipinski definition) is 4. The molecule has 0 aliphatic rings. The van der Waals surface area contributed by atoms with Gasteiger partial charge >= 0.3 is 5.97 Å². The number of carboxylic acid groups (broad SMARTS) is 1. The zero-order valence-electron chi connectivity index (χ0n) is 10.7. The van der Waals surface area contributed by atoms with E-state index in [4.69, 9.17) is 9.66 Å². The van der Waals surface area contributed by atoms with Crippen molar-refractivity contribution < 1.29 is 27.7 Å². The normalized spacial score (nSPS) is 15.4. The van der Waals surface area contributed by atoms with Crippen LogP contribution in [0.4, 0.5) is 0 Å². The molecule has 0 spiro atoms. The van der Waals surface area contributed by atoms with E-state index in [0.717, 1.165) is 6.08 Å². The molecule has 7 nitrogen and oxygen atoms in total. The molecule has 1 amide bonds. The van der Waals surface area contributed by atoms with Gasteiger partial charge in [0.05, 0.1) is 11.3 Å². The van der Waals surface area contributed by atoms with Gasteiger partial charge in [0, 0.05) is 5.57 Å². The van der Waals surface area contributed by atoms with Gasteiger partial charge < -0.3 is 10.4 Å². The maximum absolute atomic E-state index is 11.2. The van der Waals surface area contributed by atoms with E-state index in [1.54, 1.807) is 0 Å². The molecule has 0 radical (unpaired) electrons. The molecule has 0 rings (SSSR count). The molecule has 0 aromatic carbocycles. The molecule has 0 saturated carbocycles. The highest BCUT2D eigenvalue weighted by molar-refractivity contribution is 7.85. The van der Waals surface area contributed by atoms with Gasteiger partial charge in [0.1, 0.15) is 0 Å². The lowest BCUT2D eigenvalue weighted by Crippen LogP contribution is -2.50. The lowest BCUT2D eigenvalue weighted by Gasteiger charge is -2.28. The number of aliphatic carboxylic acids is 1. The topological polar surface area (TPSA) is 121 Å². The number of hydrogen-bond donors (Lipinski definition) is 3. The van der Waals surface area contributed by atoms with E-state index in [2.05, 4.69) is 11.9 Å². The minimum Gasteiger partial charge on any atom is -0.478 e. The van der Waals surface area contributed by atoms with Crippen LogP contribution < -0.4 is 5.32 Å². The molecule has 0 saturated heterocycles. The molecule has 3 N–H and O–H groups in total. The molecule has 0 aliphatic heterocycles. The Kier molecular flexibility index (Phi) is 5.91. The summed E-state index contributed by atoms with van der Waals surface area (Å²) in [6.07, 6.45) is 2.16. The van der Waals surface area contributed by atoms with Gasteiger partial charge in [0.2, 0.25) is 5.91 Å². The molecule has 0 bridgehead atoms. The summed E-state index contributed by atoms with van der Waals surface area (Å²) < 4.78 is 30.7. The van der Waals surface area contributed by atoms with Crippen molar-refractivity contribution in [3.8, 4) is 0 Å². The van der Waals surface area contributed by atoms with Crippen LogP contribution >= 0.6 is 0 Å². The Morgan fingerprint density at radius 3 is 2.32 bits per heavy atom. The van der Waals surface area contributed by atoms with Crippen molar-refractivity contribution >= 4 is 22.0 Å². The number of carbonyl (C=O) groups excluding carboxylic acids is 1. The van der Waals surface area contributed by atoms with Crippen LogP contribution in [0, 0.1) is 0 Å². The number of nitrogens with one attached hydrogen (secondary N) is 1. The Morgan fingerprint density at radius 2 is 1.95 bits per heavy atom. The third kappa shape index (κ3) is 7.37. The van der Waals surface area contributed by atoms with Crippen LogP contribution in [0.3, 0.4) is 0 Å². The van der Waals surface area contributed by atoms with E-state index in [0.29, 0.717) is 0 Å². The van der Waals surface area contributed by atoms with Crippen LogP contribution in [0.25, 0.3) is 0 Å². The van der Waals surface area contributed by atoms with Gasteiger partial charge in [-0.1, -0.05) is 12.7 Å². The van der Waals surface area contributed by atoms with Crippen LogP contribution in [0.1, 0.15) is 20.3 Å². The Balaban J connectivity index is 5.16. The average molecular weight is 291 g/mol. The van der Waals surface area contributed by atoms with Gasteiger partial charge in [-0.15, -0.1) is 0 Å². The van der Waals surface area contributed by atoms with Crippen LogP contribution in [-0.2, 0) is 19.7 Å². The Labute approximate surface area is 111 Å². The van der Waals surface area contributed by atoms with E-state index in [1.807, 2.05) is 0 Å². The quantitative estimate of drug-likeness (QED) is 0.460. The summed E-state index contributed by atoms with van der Waals surface area (Å²) in [5, 5.41) is 11.1. The van der Waals surface area contributed by atoms with Crippen LogP contribution in [0.2, 0.25) is 0 Å². The molecule has 8 heteroatoms. The first-order chi connectivity index (χ1) is 8.49. The number of rotatable bonds is 7. The van der Waals surface area contributed by atoms with Gasteiger partial charge in [-0.05, 0) is 26.3 Å². The first-order valence-corrected chi connectivity index (χ1v) is 6.90. The predicted molar refractivity (Wildman–Crippen MR) is 69.2 cm³/mol. The lowest BCUT2D eigenvalue weighted by molar-refractivity contribution is -0.132. The fourth-order valence-electron chi connectivity index (χ4n) is 1.36. The van der Waals surface area contributed by atoms with Crippen LogP contribution in [-0.4, -0.2) is 41.2 Å². The van der Waals surface area contributed by atoms with Crippen molar-refractivity contribution in [3.63, 3.8) is 0 Å². The Morgan fingerprint density at radius 1 is 1.42 bits per heavy atom. The van der Waals surface area contributed by atoms with Gasteiger partial charge in [0.25, 0.3) is 10.1 Å².